The Morgan fingerprint density at radius 2 is 1.86 bits per heavy atom. The van der Waals surface area contributed by atoms with Crippen molar-refractivity contribution >= 4 is 21.8 Å². The second kappa shape index (κ2) is 12.3. The number of amides is 1. The highest BCUT2D eigenvalue weighted by Crippen LogP contribution is 2.20. The molecule has 9 nitrogen and oxygen atoms in total. The van der Waals surface area contributed by atoms with E-state index in [2.05, 4.69) is 5.32 Å². The lowest BCUT2D eigenvalue weighted by molar-refractivity contribution is 0.0644. The van der Waals surface area contributed by atoms with Crippen LogP contribution in [0.1, 0.15) is 25.8 Å². The van der Waals surface area contributed by atoms with Gasteiger partial charge in [0.15, 0.2) is 0 Å². The van der Waals surface area contributed by atoms with Crippen molar-refractivity contribution in [2.45, 2.75) is 49.8 Å². The minimum atomic E-state index is -3.90. The number of anilines is 1. The largest absolute Gasteiger partial charge is 0.444 e. The molecule has 2 unspecified atom stereocenters. The van der Waals surface area contributed by atoms with Gasteiger partial charge in [0.05, 0.1) is 30.3 Å². The molecule has 0 aliphatic carbocycles. The summed E-state index contributed by atoms with van der Waals surface area (Å²) in [5, 5.41) is 13.9. The van der Waals surface area contributed by atoms with E-state index < -0.39 is 28.3 Å². The van der Waals surface area contributed by atoms with Crippen LogP contribution in [-0.4, -0.2) is 68.5 Å². The fraction of sp³-hybridized carbons (Fsp3) is 0.480. The summed E-state index contributed by atoms with van der Waals surface area (Å²) in [4.78, 5) is 12.7. The molecule has 1 aliphatic heterocycles. The van der Waals surface area contributed by atoms with Crippen molar-refractivity contribution in [3.8, 4) is 0 Å². The molecule has 0 saturated carbocycles. The van der Waals surface area contributed by atoms with Crippen molar-refractivity contribution in [1.29, 1.82) is 0 Å². The van der Waals surface area contributed by atoms with E-state index in [1.54, 1.807) is 0 Å². The van der Waals surface area contributed by atoms with Gasteiger partial charge in [0.1, 0.15) is 6.10 Å². The highest BCUT2D eigenvalue weighted by Gasteiger charge is 2.32. The zero-order valence-corrected chi connectivity index (χ0v) is 21.0. The molecule has 192 valence electrons. The van der Waals surface area contributed by atoms with E-state index in [1.165, 1.54) is 28.6 Å². The molecule has 1 heterocycles. The number of hydrogen-bond donors (Lipinski definition) is 3. The molecule has 3 atom stereocenters. The molecule has 1 saturated heterocycles. The van der Waals surface area contributed by atoms with Crippen LogP contribution in [0.25, 0.3) is 0 Å². The van der Waals surface area contributed by atoms with E-state index >= 15 is 0 Å². The number of ether oxygens (including phenoxy) is 2. The van der Waals surface area contributed by atoms with Crippen LogP contribution >= 0.6 is 0 Å². The molecule has 0 radical (unpaired) electrons. The number of aliphatic hydroxyl groups is 1. The molecule has 10 heteroatoms. The predicted molar refractivity (Wildman–Crippen MR) is 133 cm³/mol. The summed E-state index contributed by atoms with van der Waals surface area (Å²) in [5.41, 5.74) is 7.06. The maximum atomic E-state index is 13.4. The van der Waals surface area contributed by atoms with Crippen LogP contribution in [0.15, 0.2) is 59.5 Å². The molecule has 2 aromatic rings. The number of sulfonamides is 1. The van der Waals surface area contributed by atoms with Gasteiger partial charge in [0.2, 0.25) is 10.0 Å². The van der Waals surface area contributed by atoms with Crippen LogP contribution in [-0.2, 0) is 25.9 Å². The topological polar surface area (TPSA) is 131 Å². The predicted octanol–water partition coefficient (Wildman–Crippen LogP) is 2.40. The van der Waals surface area contributed by atoms with E-state index in [0.717, 1.165) is 5.56 Å². The molecule has 1 aliphatic rings. The van der Waals surface area contributed by atoms with E-state index in [9.17, 15) is 18.3 Å². The van der Waals surface area contributed by atoms with Crippen molar-refractivity contribution in [3.63, 3.8) is 0 Å². The Kier molecular flexibility index (Phi) is 9.50. The zero-order chi connectivity index (χ0) is 25.4. The Morgan fingerprint density at radius 1 is 1.17 bits per heavy atom. The average molecular weight is 506 g/mol. The van der Waals surface area contributed by atoms with Gasteiger partial charge in [0.25, 0.3) is 0 Å². The van der Waals surface area contributed by atoms with Gasteiger partial charge in [-0.25, -0.2) is 13.2 Å². The van der Waals surface area contributed by atoms with Crippen LogP contribution in [0, 0.1) is 5.92 Å². The van der Waals surface area contributed by atoms with Gasteiger partial charge < -0.3 is 25.6 Å². The van der Waals surface area contributed by atoms with Gasteiger partial charge in [-0.15, -0.1) is 0 Å². The smallest absolute Gasteiger partial charge is 0.407 e. The molecular weight excluding hydrogens is 470 g/mol. The summed E-state index contributed by atoms with van der Waals surface area (Å²) < 4.78 is 38.7. The number of nitrogens with one attached hydrogen (secondary N) is 1. The van der Waals surface area contributed by atoms with Crippen molar-refractivity contribution in [1.82, 2.24) is 9.62 Å². The molecule has 3 rings (SSSR count). The monoisotopic (exact) mass is 505 g/mol. The van der Waals surface area contributed by atoms with E-state index in [0.29, 0.717) is 31.7 Å². The highest BCUT2D eigenvalue weighted by atomic mass is 32.2. The van der Waals surface area contributed by atoms with Gasteiger partial charge in [-0.3, -0.25) is 0 Å². The van der Waals surface area contributed by atoms with Crippen LogP contribution in [0.5, 0.6) is 0 Å². The standard InChI is InChI=1S/C25H35N3O6S/c1-18(2)15-28(35(31,32)22-10-8-20(26)9-11-22)16-24(29)23(14-19-6-4-3-5-7-19)27-25(30)34-21-12-13-33-17-21/h3-11,18,21,23-24,29H,12-17,26H2,1-2H3,(H,27,30)/t21-,23?,24?/m0/s1. The van der Waals surface area contributed by atoms with Gasteiger partial charge in [-0.2, -0.15) is 4.31 Å². The molecule has 0 aromatic heterocycles. The number of hydrogen-bond acceptors (Lipinski definition) is 7. The van der Waals surface area contributed by atoms with Crippen molar-refractivity contribution in [2.24, 2.45) is 5.92 Å². The number of carbonyl (C=O) groups excluding carboxylic acids is 1. The Hall–Kier alpha value is -2.66. The molecule has 2 aromatic carbocycles. The van der Waals surface area contributed by atoms with E-state index in [1.807, 2.05) is 44.2 Å². The third kappa shape index (κ3) is 7.93. The van der Waals surface area contributed by atoms with Crippen LogP contribution < -0.4 is 11.1 Å². The fourth-order valence-corrected chi connectivity index (χ4v) is 5.52. The third-order valence-electron chi connectivity index (χ3n) is 5.71. The maximum absolute atomic E-state index is 13.4. The minimum Gasteiger partial charge on any atom is -0.444 e. The first-order valence-electron chi connectivity index (χ1n) is 11.8. The summed E-state index contributed by atoms with van der Waals surface area (Å²) in [7, 11) is -3.90. The van der Waals surface area contributed by atoms with Crippen molar-refractivity contribution in [3.05, 3.63) is 60.2 Å². The van der Waals surface area contributed by atoms with E-state index in [4.69, 9.17) is 15.2 Å². The highest BCUT2D eigenvalue weighted by molar-refractivity contribution is 7.89. The number of rotatable bonds is 11. The number of carbonyl (C=O) groups is 1. The second-order valence-electron chi connectivity index (χ2n) is 9.18. The first-order valence-corrected chi connectivity index (χ1v) is 13.2. The summed E-state index contributed by atoms with van der Waals surface area (Å²) in [6, 6.07) is 14.6. The van der Waals surface area contributed by atoms with Gasteiger partial charge in [0, 0.05) is 25.2 Å². The SMILES string of the molecule is CC(C)CN(CC(O)C(Cc1ccccc1)NC(=O)O[C@H]1CCOC1)S(=O)(=O)c1ccc(N)cc1. The van der Waals surface area contributed by atoms with Crippen LogP contribution in [0.2, 0.25) is 0 Å². The summed E-state index contributed by atoms with van der Waals surface area (Å²) in [5.74, 6) is 0.0126. The number of alkyl carbamates (subject to hydrolysis) is 1. The zero-order valence-electron chi connectivity index (χ0n) is 20.2. The van der Waals surface area contributed by atoms with Crippen molar-refractivity contribution < 1.29 is 27.8 Å². The van der Waals surface area contributed by atoms with Gasteiger partial charge in [-0.05, 0) is 42.2 Å². The van der Waals surface area contributed by atoms with Gasteiger partial charge >= 0.3 is 6.09 Å². The quantitative estimate of drug-likeness (QED) is 0.400. The number of aliphatic hydroxyl groups excluding tert-OH is 1. The number of nitrogens with zero attached hydrogens (tertiary/aromatic N) is 1. The van der Waals surface area contributed by atoms with Crippen molar-refractivity contribution in [2.75, 3.05) is 32.0 Å². The molecule has 4 N–H and O–H groups in total. The lowest BCUT2D eigenvalue weighted by Crippen LogP contribution is -2.51. The molecule has 0 bridgehead atoms. The Balaban J connectivity index is 1.80. The van der Waals surface area contributed by atoms with Crippen LogP contribution in [0.4, 0.5) is 10.5 Å². The first-order chi connectivity index (χ1) is 16.6. The summed E-state index contributed by atoms with van der Waals surface area (Å²) in [6.45, 7) is 4.67. The minimum absolute atomic E-state index is 0.0126. The number of nitrogen functional groups attached to an aromatic ring is 1. The Labute approximate surface area is 207 Å². The average Bonchev–Trinajstić information content (AvgIpc) is 3.31. The lowest BCUT2D eigenvalue weighted by atomic mass is 10.0. The van der Waals surface area contributed by atoms with Crippen LogP contribution in [0.3, 0.4) is 0 Å². The fourth-order valence-electron chi connectivity index (χ4n) is 3.90. The van der Waals surface area contributed by atoms with Gasteiger partial charge in [-0.1, -0.05) is 44.2 Å². The first kappa shape index (κ1) is 26.9. The molecular formula is C25H35N3O6S. The molecule has 1 fully saturated rings. The number of nitrogens with two attached hydrogens (primary N) is 1. The molecule has 0 spiro atoms. The summed E-state index contributed by atoms with van der Waals surface area (Å²) in [6.07, 6.45) is -1.29. The molecule has 1 amide bonds. The normalized spacial score (nSPS) is 17.9. The number of benzene rings is 2. The Morgan fingerprint density at radius 3 is 2.46 bits per heavy atom. The lowest BCUT2D eigenvalue weighted by Gasteiger charge is -2.30. The summed E-state index contributed by atoms with van der Waals surface area (Å²) >= 11 is 0. The van der Waals surface area contributed by atoms with E-state index in [-0.39, 0.29) is 30.0 Å². The third-order valence-corrected chi connectivity index (χ3v) is 7.55. The Bertz CT molecular complexity index is 1040. The molecule has 35 heavy (non-hydrogen) atoms. The maximum Gasteiger partial charge on any atom is 0.407 e. The second-order valence-corrected chi connectivity index (χ2v) is 11.1.